The Hall–Kier alpha value is -1.26. The molecule has 0 spiro atoms. The Balaban J connectivity index is 2.13. The predicted octanol–water partition coefficient (Wildman–Crippen LogP) is -0.0420. The fourth-order valence-corrected chi connectivity index (χ4v) is 1.87. The molecule has 1 amide bonds. The highest BCUT2D eigenvalue weighted by Gasteiger charge is 2.47. The highest BCUT2D eigenvalue weighted by molar-refractivity contribution is 5.76. The number of amides is 1. The Morgan fingerprint density at radius 2 is 2.33 bits per heavy atom. The molecule has 2 N–H and O–H groups in total. The number of carboxylic acids is 1. The molecule has 2 aliphatic rings. The lowest BCUT2D eigenvalue weighted by Gasteiger charge is -2.10. The van der Waals surface area contributed by atoms with Gasteiger partial charge in [0, 0.05) is 0 Å². The van der Waals surface area contributed by atoms with E-state index in [2.05, 4.69) is 5.32 Å². The number of alkyl carbamates (subject to hydrolysis) is 1. The van der Waals surface area contributed by atoms with Gasteiger partial charge in [0.05, 0.1) is 12.0 Å². The first kappa shape index (κ1) is 7.39. The van der Waals surface area contributed by atoms with Crippen molar-refractivity contribution < 1.29 is 19.4 Å². The lowest BCUT2D eigenvalue weighted by Crippen LogP contribution is -2.37. The Morgan fingerprint density at radius 1 is 1.58 bits per heavy atom. The lowest BCUT2D eigenvalue weighted by molar-refractivity contribution is -0.142. The lowest BCUT2D eigenvalue weighted by atomic mass is 10.0. The summed E-state index contributed by atoms with van der Waals surface area (Å²) < 4.78 is 4.85. The number of carbonyl (C=O) groups is 2. The van der Waals surface area contributed by atoms with Crippen molar-refractivity contribution in [1.29, 1.82) is 0 Å². The summed E-state index contributed by atoms with van der Waals surface area (Å²) in [6.07, 6.45) is 0.528. The van der Waals surface area contributed by atoms with Crippen molar-refractivity contribution >= 4 is 12.1 Å². The Morgan fingerprint density at radius 3 is 3.00 bits per heavy atom. The third-order valence-electron chi connectivity index (χ3n) is 2.46. The minimum Gasteiger partial charge on any atom is -0.481 e. The number of hydrogen-bond donors (Lipinski definition) is 2. The molecular weight excluding hydrogens is 162 g/mol. The Labute approximate surface area is 68.7 Å². The van der Waals surface area contributed by atoms with E-state index in [1.165, 1.54) is 0 Å². The third-order valence-corrected chi connectivity index (χ3v) is 2.46. The van der Waals surface area contributed by atoms with Crippen molar-refractivity contribution in [3.8, 4) is 0 Å². The van der Waals surface area contributed by atoms with Gasteiger partial charge in [-0.05, 0) is 12.8 Å². The van der Waals surface area contributed by atoms with Crippen LogP contribution in [-0.2, 0) is 9.53 Å². The molecule has 0 aromatic carbocycles. The van der Waals surface area contributed by atoms with Gasteiger partial charge in [-0.25, -0.2) is 4.79 Å². The smallest absolute Gasteiger partial charge is 0.407 e. The number of carboxylic acid groups (broad SMARTS) is 1. The minimum absolute atomic E-state index is 0.224. The van der Waals surface area contributed by atoms with Gasteiger partial charge in [0.15, 0.2) is 0 Å². The Bertz CT molecular complexity index is 240. The quantitative estimate of drug-likeness (QED) is 0.580. The normalized spacial score (nSPS) is 38.7. The Kier molecular flexibility index (Phi) is 1.46. The first-order chi connectivity index (χ1) is 5.68. The molecule has 3 atom stereocenters. The summed E-state index contributed by atoms with van der Waals surface area (Å²) in [5.74, 6) is -1.32. The summed E-state index contributed by atoms with van der Waals surface area (Å²) in [6, 6.07) is -0.310. The van der Waals surface area contributed by atoms with Crippen LogP contribution in [0.4, 0.5) is 4.79 Å². The molecule has 5 nitrogen and oxygen atoms in total. The average Bonchev–Trinajstić information content (AvgIpc) is 2.43. The van der Waals surface area contributed by atoms with Gasteiger partial charge in [0.25, 0.3) is 0 Å². The second-order valence-electron chi connectivity index (χ2n) is 3.14. The van der Waals surface area contributed by atoms with E-state index in [4.69, 9.17) is 9.84 Å². The molecule has 2 fully saturated rings. The summed E-state index contributed by atoms with van der Waals surface area (Å²) in [5.41, 5.74) is 0. The zero-order chi connectivity index (χ0) is 8.72. The van der Waals surface area contributed by atoms with Gasteiger partial charge in [0.2, 0.25) is 0 Å². The number of hydrogen-bond acceptors (Lipinski definition) is 3. The number of ether oxygens (including phenoxy) is 1. The monoisotopic (exact) mass is 171 g/mol. The molecule has 12 heavy (non-hydrogen) atoms. The molecule has 0 radical (unpaired) electrons. The van der Waals surface area contributed by atoms with E-state index in [-0.39, 0.29) is 12.1 Å². The van der Waals surface area contributed by atoms with Crippen LogP contribution < -0.4 is 5.32 Å². The standard InChI is InChI=1S/C7H9NO4/c9-6(10)3-1-2-4-5(3)8-7(11)12-4/h3-5H,1-2H2,(H,8,11)(H,9,10)/t3-,4+,5-/m1/s1. The van der Waals surface area contributed by atoms with Crippen molar-refractivity contribution in [3.63, 3.8) is 0 Å². The largest absolute Gasteiger partial charge is 0.481 e. The number of aliphatic carboxylic acids is 1. The molecule has 0 bridgehead atoms. The van der Waals surface area contributed by atoms with Crippen molar-refractivity contribution in [2.45, 2.75) is 25.0 Å². The van der Waals surface area contributed by atoms with Crippen LogP contribution in [0.5, 0.6) is 0 Å². The minimum atomic E-state index is -0.853. The summed E-state index contributed by atoms with van der Waals surface area (Å²) in [7, 11) is 0. The van der Waals surface area contributed by atoms with Crippen molar-refractivity contribution in [2.75, 3.05) is 0 Å². The van der Waals surface area contributed by atoms with E-state index < -0.39 is 18.0 Å². The van der Waals surface area contributed by atoms with Gasteiger partial charge < -0.3 is 15.2 Å². The molecule has 1 aliphatic heterocycles. The van der Waals surface area contributed by atoms with E-state index >= 15 is 0 Å². The maximum Gasteiger partial charge on any atom is 0.407 e. The molecule has 66 valence electrons. The first-order valence-electron chi connectivity index (χ1n) is 3.88. The predicted molar refractivity (Wildman–Crippen MR) is 37.6 cm³/mol. The van der Waals surface area contributed by atoms with Crippen LogP contribution in [0.25, 0.3) is 0 Å². The maximum atomic E-state index is 10.7. The highest BCUT2D eigenvalue weighted by atomic mass is 16.6. The first-order valence-corrected chi connectivity index (χ1v) is 3.88. The zero-order valence-electron chi connectivity index (χ0n) is 6.32. The van der Waals surface area contributed by atoms with E-state index in [0.29, 0.717) is 12.8 Å². The molecule has 0 aromatic rings. The van der Waals surface area contributed by atoms with Crippen molar-refractivity contribution in [2.24, 2.45) is 5.92 Å². The van der Waals surface area contributed by atoms with Crippen molar-refractivity contribution in [1.82, 2.24) is 5.32 Å². The van der Waals surface area contributed by atoms with Crippen LogP contribution in [0.1, 0.15) is 12.8 Å². The maximum absolute atomic E-state index is 10.7. The summed E-state index contributed by atoms with van der Waals surface area (Å²) in [4.78, 5) is 21.3. The number of carbonyl (C=O) groups excluding carboxylic acids is 1. The van der Waals surface area contributed by atoms with Crippen LogP contribution >= 0.6 is 0 Å². The fraction of sp³-hybridized carbons (Fsp3) is 0.714. The molecule has 1 aliphatic carbocycles. The molecule has 1 saturated heterocycles. The van der Waals surface area contributed by atoms with E-state index in [9.17, 15) is 9.59 Å². The SMILES string of the molecule is O=C1N[C@H]2[C@H](CC[C@H]2C(=O)O)O1. The van der Waals surface area contributed by atoms with Gasteiger partial charge in [-0.3, -0.25) is 4.79 Å². The molecule has 1 heterocycles. The molecular formula is C7H9NO4. The van der Waals surface area contributed by atoms with Gasteiger partial charge in [-0.1, -0.05) is 0 Å². The van der Waals surface area contributed by atoms with Crippen LogP contribution in [0.15, 0.2) is 0 Å². The molecule has 0 aromatic heterocycles. The van der Waals surface area contributed by atoms with Crippen LogP contribution in [-0.4, -0.2) is 29.3 Å². The van der Waals surface area contributed by atoms with Gasteiger partial charge in [0.1, 0.15) is 6.10 Å². The topological polar surface area (TPSA) is 75.6 Å². The van der Waals surface area contributed by atoms with Gasteiger partial charge in [-0.2, -0.15) is 0 Å². The molecule has 1 saturated carbocycles. The summed E-state index contributed by atoms with van der Waals surface area (Å²) in [5, 5.41) is 11.2. The van der Waals surface area contributed by atoms with Crippen molar-refractivity contribution in [3.05, 3.63) is 0 Å². The average molecular weight is 171 g/mol. The molecule has 2 rings (SSSR count). The van der Waals surface area contributed by atoms with Crippen LogP contribution in [0.2, 0.25) is 0 Å². The van der Waals surface area contributed by atoms with Gasteiger partial charge >= 0.3 is 12.1 Å². The highest BCUT2D eigenvalue weighted by Crippen LogP contribution is 2.31. The molecule has 5 heteroatoms. The van der Waals surface area contributed by atoms with Gasteiger partial charge in [-0.15, -0.1) is 0 Å². The second-order valence-corrected chi connectivity index (χ2v) is 3.14. The van der Waals surface area contributed by atoms with E-state index in [1.54, 1.807) is 0 Å². The summed E-state index contributed by atoms with van der Waals surface area (Å²) >= 11 is 0. The zero-order valence-corrected chi connectivity index (χ0v) is 6.32. The summed E-state index contributed by atoms with van der Waals surface area (Å²) in [6.45, 7) is 0. The fourth-order valence-electron chi connectivity index (χ4n) is 1.87. The number of nitrogens with one attached hydrogen (secondary N) is 1. The van der Waals surface area contributed by atoms with Crippen LogP contribution in [0, 0.1) is 5.92 Å². The number of rotatable bonds is 1. The molecule has 0 unspecified atom stereocenters. The second kappa shape index (κ2) is 2.36. The van der Waals surface area contributed by atoms with Crippen LogP contribution in [0.3, 0.4) is 0 Å². The van der Waals surface area contributed by atoms with E-state index in [1.807, 2.05) is 0 Å². The third kappa shape index (κ3) is 0.929. The van der Waals surface area contributed by atoms with E-state index in [0.717, 1.165) is 0 Å². The number of fused-ring (bicyclic) bond motifs is 1.